The van der Waals surface area contributed by atoms with Crippen molar-refractivity contribution in [3.05, 3.63) is 28.8 Å². The van der Waals surface area contributed by atoms with Gasteiger partial charge in [-0.1, -0.05) is 18.5 Å². The third-order valence-electron chi connectivity index (χ3n) is 3.57. The molecule has 0 aromatic heterocycles. The standard InChI is InChI=1S/C15H20ClN3O3/c1-10(9-17)14(20)18-11-2-3-12(13(16)8-11)15(21)19-4-6-22-7-5-19/h2-3,8,10H,4-7,9,17H2,1H3,(H,18,20). The van der Waals surface area contributed by atoms with E-state index in [1.807, 2.05) is 0 Å². The Balaban J connectivity index is 2.09. The molecule has 1 aliphatic rings. The van der Waals surface area contributed by atoms with E-state index in [0.717, 1.165) is 0 Å². The van der Waals surface area contributed by atoms with Crippen molar-refractivity contribution in [1.29, 1.82) is 0 Å². The number of carbonyl (C=O) groups excluding carboxylic acids is 2. The van der Waals surface area contributed by atoms with E-state index in [2.05, 4.69) is 5.32 Å². The highest BCUT2D eigenvalue weighted by molar-refractivity contribution is 6.34. The van der Waals surface area contributed by atoms with Crippen LogP contribution in [0.3, 0.4) is 0 Å². The quantitative estimate of drug-likeness (QED) is 0.875. The Hall–Kier alpha value is -1.63. The van der Waals surface area contributed by atoms with Crippen LogP contribution in [0.1, 0.15) is 17.3 Å². The fourth-order valence-corrected chi connectivity index (χ4v) is 2.34. The molecule has 0 saturated carbocycles. The van der Waals surface area contributed by atoms with Gasteiger partial charge in [0.1, 0.15) is 0 Å². The fraction of sp³-hybridized carbons (Fsp3) is 0.467. The number of hydrogen-bond acceptors (Lipinski definition) is 4. The highest BCUT2D eigenvalue weighted by Gasteiger charge is 2.21. The molecule has 1 aromatic carbocycles. The van der Waals surface area contributed by atoms with Crippen molar-refractivity contribution >= 4 is 29.1 Å². The van der Waals surface area contributed by atoms with Crippen LogP contribution < -0.4 is 11.1 Å². The molecule has 22 heavy (non-hydrogen) atoms. The molecule has 0 radical (unpaired) electrons. The smallest absolute Gasteiger partial charge is 0.255 e. The molecule has 1 unspecified atom stereocenters. The minimum absolute atomic E-state index is 0.124. The summed E-state index contributed by atoms with van der Waals surface area (Å²) in [6.45, 7) is 4.20. The number of halogens is 1. The summed E-state index contributed by atoms with van der Waals surface area (Å²) < 4.78 is 5.23. The zero-order chi connectivity index (χ0) is 16.1. The van der Waals surface area contributed by atoms with Crippen LogP contribution in [-0.4, -0.2) is 49.6 Å². The highest BCUT2D eigenvalue weighted by Crippen LogP contribution is 2.23. The van der Waals surface area contributed by atoms with Gasteiger partial charge in [-0.05, 0) is 18.2 Å². The predicted molar refractivity (Wildman–Crippen MR) is 85.0 cm³/mol. The molecule has 1 atom stereocenters. The van der Waals surface area contributed by atoms with Crippen LogP contribution in [0.15, 0.2) is 18.2 Å². The molecule has 120 valence electrons. The molecule has 1 heterocycles. The summed E-state index contributed by atoms with van der Waals surface area (Å²) in [7, 11) is 0. The first-order valence-electron chi connectivity index (χ1n) is 7.20. The third-order valence-corrected chi connectivity index (χ3v) is 3.88. The summed E-state index contributed by atoms with van der Waals surface area (Å²) in [6.07, 6.45) is 0. The normalized spacial score (nSPS) is 16.2. The Kier molecular flexibility index (Phi) is 5.76. The first-order chi connectivity index (χ1) is 10.5. The van der Waals surface area contributed by atoms with E-state index in [9.17, 15) is 9.59 Å². The van der Waals surface area contributed by atoms with Gasteiger partial charge in [0.2, 0.25) is 5.91 Å². The number of rotatable bonds is 4. The number of anilines is 1. The lowest BCUT2D eigenvalue weighted by Gasteiger charge is -2.27. The van der Waals surface area contributed by atoms with Gasteiger partial charge in [0.05, 0.1) is 23.8 Å². The van der Waals surface area contributed by atoms with Crippen molar-refractivity contribution in [3.8, 4) is 0 Å². The van der Waals surface area contributed by atoms with Gasteiger partial charge < -0.3 is 20.7 Å². The number of morpholine rings is 1. The van der Waals surface area contributed by atoms with E-state index >= 15 is 0 Å². The summed E-state index contributed by atoms with van der Waals surface area (Å²) in [4.78, 5) is 25.9. The van der Waals surface area contributed by atoms with E-state index in [-0.39, 0.29) is 24.3 Å². The van der Waals surface area contributed by atoms with Gasteiger partial charge in [-0.25, -0.2) is 0 Å². The zero-order valence-electron chi connectivity index (χ0n) is 12.5. The van der Waals surface area contributed by atoms with Crippen molar-refractivity contribution in [3.63, 3.8) is 0 Å². The van der Waals surface area contributed by atoms with Gasteiger partial charge in [0, 0.05) is 31.2 Å². The van der Waals surface area contributed by atoms with Crippen molar-refractivity contribution in [2.45, 2.75) is 6.92 Å². The molecule has 7 heteroatoms. The first kappa shape index (κ1) is 16.7. The SMILES string of the molecule is CC(CN)C(=O)Nc1ccc(C(=O)N2CCOCC2)c(Cl)c1. The molecule has 2 rings (SSSR count). The van der Waals surface area contributed by atoms with Gasteiger partial charge in [-0.3, -0.25) is 9.59 Å². The van der Waals surface area contributed by atoms with E-state index in [1.165, 1.54) is 0 Å². The first-order valence-corrected chi connectivity index (χ1v) is 7.58. The molecule has 0 bridgehead atoms. The Labute approximate surface area is 134 Å². The second-order valence-corrected chi connectivity index (χ2v) is 5.63. The van der Waals surface area contributed by atoms with Crippen LogP contribution in [0.4, 0.5) is 5.69 Å². The topological polar surface area (TPSA) is 84.7 Å². The zero-order valence-corrected chi connectivity index (χ0v) is 13.2. The van der Waals surface area contributed by atoms with E-state index < -0.39 is 0 Å². The van der Waals surface area contributed by atoms with Gasteiger partial charge in [0.15, 0.2) is 0 Å². The molecule has 1 aromatic rings. The maximum absolute atomic E-state index is 12.4. The third kappa shape index (κ3) is 3.97. The van der Waals surface area contributed by atoms with Crippen LogP contribution in [0.5, 0.6) is 0 Å². The van der Waals surface area contributed by atoms with Gasteiger partial charge in [0.25, 0.3) is 5.91 Å². The van der Waals surface area contributed by atoms with Crippen LogP contribution in [0.25, 0.3) is 0 Å². The number of amides is 2. The number of nitrogens with one attached hydrogen (secondary N) is 1. The Morgan fingerprint density at radius 1 is 1.41 bits per heavy atom. The van der Waals surface area contributed by atoms with Crippen molar-refractivity contribution in [2.75, 3.05) is 38.2 Å². The largest absolute Gasteiger partial charge is 0.378 e. The van der Waals surface area contributed by atoms with Crippen molar-refractivity contribution < 1.29 is 14.3 Å². The second-order valence-electron chi connectivity index (χ2n) is 5.23. The molecule has 0 spiro atoms. The molecule has 1 aliphatic heterocycles. The Morgan fingerprint density at radius 2 is 2.09 bits per heavy atom. The molecule has 6 nitrogen and oxygen atoms in total. The lowest BCUT2D eigenvalue weighted by atomic mass is 10.1. The maximum atomic E-state index is 12.4. The van der Waals surface area contributed by atoms with Crippen molar-refractivity contribution in [2.24, 2.45) is 11.7 Å². The van der Waals surface area contributed by atoms with E-state index in [4.69, 9.17) is 22.1 Å². The predicted octanol–water partition coefficient (Wildman–Crippen LogP) is 1.35. The van der Waals surface area contributed by atoms with Gasteiger partial charge >= 0.3 is 0 Å². The molecule has 1 saturated heterocycles. The monoisotopic (exact) mass is 325 g/mol. The highest BCUT2D eigenvalue weighted by atomic mass is 35.5. The summed E-state index contributed by atoms with van der Waals surface area (Å²) in [6, 6.07) is 4.87. The number of ether oxygens (including phenoxy) is 1. The number of nitrogens with zero attached hydrogens (tertiary/aromatic N) is 1. The molecule has 3 N–H and O–H groups in total. The molecular weight excluding hydrogens is 306 g/mol. The number of benzene rings is 1. The van der Waals surface area contributed by atoms with Crippen LogP contribution in [-0.2, 0) is 9.53 Å². The van der Waals surface area contributed by atoms with Crippen LogP contribution in [0, 0.1) is 5.92 Å². The van der Waals surface area contributed by atoms with Crippen LogP contribution in [0.2, 0.25) is 5.02 Å². The van der Waals surface area contributed by atoms with Gasteiger partial charge in [-0.2, -0.15) is 0 Å². The Morgan fingerprint density at radius 3 is 2.68 bits per heavy atom. The summed E-state index contributed by atoms with van der Waals surface area (Å²) in [5, 5.41) is 3.05. The minimum atomic E-state index is -0.284. The van der Waals surface area contributed by atoms with Gasteiger partial charge in [-0.15, -0.1) is 0 Å². The number of carbonyl (C=O) groups is 2. The molecule has 2 amide bonds. The van der Waals surface area contributed by atoms with Crippen molar-refractivity contribution in [1.82, 2.24) is 4.90 Å². The lowest BCUT2D eigenvalue weighted by molar-refractivity contribution is -0.119. The van der Waals surface area contributed by atoms with Crippen LogP contribution >= 0.6 is 11.6 Å². The number of hydrogen-bond donors (Lipinski definition) is 2. The number of nitrogens with two attached hydrogens (primary N) is 1. The second kappa shape index (κ2) is 7.58. The summed E-state index contributed by atoms with van der Waals surface area (Å²) >= 11 is 6.19. The van der Waals surface area contributed by atoms with E-state index in [0.29, 0.717) is 42.6 Å². The van der Waals surface area contributed by atoms with E-state index in [1.54, 1.807) is 30.0 Å². The fourth-order valence-electron chi connectivity index (χ4n) is 2.08. The Bertz CT molecular complexity index is 559. The summed E-state index contributed by atoms with van der Waals surface area (Å²) in [5.41, 5.74) is 6.43. The minimum Gasteiger partial charge on any atom is -0.378 e. The maximum Gasteiger partial charge on any atom is 0.255 e. The molecular formula is C15H20ClN3O3. The average molecular weight is 326 g/mol. The molecule has 1 fully saturated rings. The lowest BCUT2D eigenvalue weighted by Crippen LogP contribution is -2.40. The average Bonchev–Trinajstić information content (AvgIpc) is 2.54. The molecule has 0 aliphatic carbocycles. The summed E-state index contributed by atoms with van der Waals surface area (Å²) in [5.74, 6) is -0.583.